The van der Waals surface area contributed by atoms with E-state index < -0.39 is 15.9 Å². The molecule has 1 aliphatic rings. The zero-order valence-corrected chi connectivity index (χ0v) is 21.1. The molecular formula is C24H32ClN3O4S. The van der Waals surface area contributed by atoms with Crippen LogP contribution in [0, 0.1) is 0 Å². The number of ether oxygens (including phenoxy) is 1. The van der Waals surface area contributed by atoms with E-state index in [0.29, 0.717) is 6.54 Å². The van der Waals surface area contributed by atoms with Crippen LogP contribution < -0.4 is 5.32 Å². The van der Waals surface area contributed by atoms with Gasteiger partial charge in [0.25, 0.3) is 5.91 Å². The zero-order chi connectivity index (χ0) is 24.2. The number of halogens is 1. The molecule has 1 fully saturated rings. The maximum atomic E-state index is 12.8. The van der Waals surface area contributed by atoms with Gasteiger partial charge >= 0.3 is 0 Å². The molecule has 1 saturated heterocycles. The average Bonchev–Trinajstić information content (AvgIpc) is 2.77. The molecule has 1 N–H and O–H groups in total. The topological polar surface area (TPSA) is 79.0 Å². The van der Waals surface area contributed by atoms with Crippen molar-refractivity contribution in [1.29, 1.82) is 0 Å². The van der Waals surface area contributed by atoms with E-state index in [-0.39, 0.29) is 27.6 Å². The molecule has 0 radical (unpaired) electrons. The van der Waals surface area contributed by atoms with Crippen molar-refractivity contribution in [1.82, 2.24) is 14.5 Å². The number of carbonyl (C=O) groups excluding carboxylic acids is 1. The van der Waals surface area contributed by atoms with Crippen LogP contribution in [0.2, 0.25) is 5.02 Å². The summed E-state index contributed by atoms with van der Waals surface area (Å²) in [7, 11) is -2.21. The average molecular weight is 494 g/mol. The van der Waals surface area contributed by atoms with E-state index in [9.17, 15) is 13.2 Å². The van der Waals surface area contributed by atoms with Gasteiger partial charge in [-0.15, -0.1) is 0 Å². The number of sulfonamides is 1. The number of nitrogens with one attached hydrogen (secondary N) is 1. The molecule has 1 amide bonds. The van der Waals surface area contributed by atoms with E-state index in [4.69, 9.17) is 16.3 Å². The second-order valence-electron chi connectivity index (χ2n) is 8.68. The first-order chi connectivity index (χ1) is 15.6. The van der Waals surface area contributed by atoms with Gasteiger partial charge in [0.05, 0.1) is 28.2 Å². The molecule has 1 atom stereocenters. The van der Waals surface area contributed by atoms with E-state index in [0.717, 1.165) is 31.8 Å². The van der Waals surface area contributed by atoms with Crippen molar-refractivity contribution in [2.45, 2.75) is 50.9 Å². The number of hydrogen-bond donors (Lipinski definition) is 1. The number of benzene rings is 2. The molecule has 1 unspecified atom stereocenters. The van der Waals surface area contributed by atoms with Crippen molar-refractivity contribution in [2.75, 3.05) is 26.7 Å². The van der Waals surface area contributed by atoms with E-state index >= 15 is 0 Å². The molecule has 0 saturated carbocycles. The summed E-state index contributed by atoms with van der Waals surface area (Å²) in [6.07, 6.45) is 0.228. The molecule has 2 aromatic carbocycles. The number of morpholine rings is 1. The summed E-state index contributed by atoms with van der Waals surface area (Å²) in [5.74, 6) is -0.420. The molecule has 0 aliphatic carbocycles. The van der Waals surface area contributed by atoms with Crippen LogP contribution in [-0.2, 0) is 27.8 Å². The van der Waals surface area contributed by atoms with Gasteiger partial charge in [-0.05, 0) is 50.1 Å². The fourth-order valence-electron chi connectivity index (χ4n) is 3.69. The Hall–Kier alpha value is -1.97. The Morgan fingerprint density at radius 1 is 1.24 bits per heavy atom. The molecule has 3 rings (SSSR count). The first kappa shape index (κ1) is 25.6. The maximum absolute atomic E-state index is 12.8. The van der Waals surface area contributed by atoms with Gasteiger partial charge in [0.1, 0.15) is 0 Å². The Bertz CT molecular complexity index is 1090. The van der Waals surface area contributed by atoms with Crippen LogP contribution in [0.3, 0.4) is 0 Å². The highest BCUT2D eigenvalue weighted by atomic mass is 35.5. The summed E-state index contributed by atoms with van der Waals surface area (Å²) in [5.41, 5.74) is 2.26. The summed E-state index contributed by atoms with van der Waals surface area (Å²) in [6, 6.07) is 12.1. The van der Waals surface area contributed by atoms with Gasteiger partial charge in [-0.25, -0.2) is 8.42 Å². The van der Waals surface area contributed by atoms with E-state index in [1.54, 1.807) is 13.8 Å². The van der Waals surface area contributed by atoms with Gasteiger partial charge in [-0.1, -0.05) is 35.9 Å². The second kappa shape index (κ2) is 11.0. The minimum absolute atomic E-state index is 0.0370. The van der Waals surface area contributed by atoms with E-state index in [2.05, 4.69) is 29.3 Å². The van der Waals surface area contributed by atoms with Gasteiger partial charge in [0, 0.05) is 39.3 Å². The monoisotopic (exact) mass is 493 g/mol. The number of rotatable bonds is 8. The van der Waals surface area contributed by atoms with Crippen molar-refractivity contribution in [3.05, 3.63) is 64.2 Å². The van der Waals surface area contributed by atoms with Gasteiger partial charge in [-0.2, -0.15) is 4.31 Å². The second-order valence-corrected chi connectivity index (χ2v) is 11.1. The maximum Gasteiger partial charge on any atom is 0.253 e. The predicted molar refractivity (Wildman–Crippen MR) is 130 cm³/mol. The third-order valence-electron chi connectivity index (χ3n) is 5.76. The standard InChI is InChI=1S/C24H32ClN3O4S/c1-17(2)27(4)33(30,31)21-8-9-23(25)22(13-21)24(29)26-14-19-6-5-7-20(12-19)16-28-10-11-32-18(3)15-28/h5-9,12-13,17-18H,10-11,14-16H2,1-4H3,(H,26,29). The molecule has 1 heterocycles. The van der Waals surface area contributed by atoms with Gasteiger partial charge in [0.15, 0.2) is 0 Å². The van der Waals surface area contributed by atoms with E-state index in [1.165, 1.54) is 35.1 Å². The molecule has 0 aromatic heterocycles. The van der Waals surface area contributed by atoms with Crippen LogP contribution in [0.4, 0.5) is 0 Å². The minimum Gasteiger partial charge on any atom is -0.376 e. The summed E-state index contributed by atoms with van der Waals surface area (Å²) in [6.45, 7) is 9.31. The quantitative estimate of drug-likeness (QED) is 0.608. The van der Waals surface area contributed by atoms with Crippen LogP contribution >= 0.6 is 11.6 Å². The smallest absolute Gasteiger partial charge is 0.253 e. The largest absolute Gasteiger partial charge is 0.376 e. The molecule has 9 heteroatoms. The van der Waals surface area contributed by atoms with Crippen molar-refractivity contribution in [3.8, 4) is 0 Å². The lowest BCUT2D eigenvalue weighted by molar-refractivity contribution is -0.0212. The third-order valence-corrected chi connectivity index (χ3v) is 8.12. The van der Waals surface area contributed by atoms with Crippen LogP contribution in [0.15, 0.2) is 47.4 Å². The van der Waals surface area contributed by atoms with Crippen LogP contribution in [0.5, 0.6) is 0 Å². The van der Waals surface area contributed by atoms with Crippen molar-refractivity contribution in [3.63, 3.8) is 0 Å². The number of nitrogens with zero attached hydrogens (tertiary/aromatic N) is 2. The van der Waals surface area contributed by atoms with Crippen molar-refractivity contribution in [2.24, 2.45) is 0 Å². The lowest BCUT2D eigenvalue weighted by atomic mass is 10.1. The molecule has 0 spiro atoms. The summed E-state index contributed by atoms with van der Waals surface area (Å²) < 4.78 is 32.5. The fourth-order valence-corrected chi connectivity index (χ4v) is 5.29. The number of amides is 1. The SMILES string of the molecule is CC1CN(Cc2cccc(CNC(=O)c3cc(S(=O)(=O)N(C)C(C)C)ccc3Cl)c2)CCO1. The molecular weight excluding hydrogens is 462 g/mol. The Kier molecular flexibility index (Phi) is 8.53. The lowest BCUT2D eigenvalue weighted by Gasteiger charge is -2.31. The zero-order valence-electron chi connectivity index (χ0n) is 19.5. The van der Waals surface area contributed by atoms with Crippen molar-refractivity contribution < 1.29 is 17.9 Å². The first-order valence-corrected chi connectivity index (χ1v) is 12.9. The summed E-state index contributed by atoms with van der Waals surface area (Å²) in [4.78, 5) is 15.2. The normalized spacial score (nSPS) is 17.5. The number of carbonyl (C=O) groups is 1. The highest BCUT2D eigenvalue weighted by molar-refractivity contribution is 7.89. The Balaban J connectivity index is 1.69. The Morgan fingerprint density at radius 3 is 2.67 bits per heavy atom. The fraction of sp³-hybridized carbons (Fsp3) is 0.458. The van der Waals surface area contributed by atoms with Crippen LogP contribution in [-0.4, -0.2) is 62.4 Å². The summed E-state index contributed by atoms with van der Waals surface area (Å²) in [5, 5.41) is 3.06. The first-order valence-electron chi connectivity index (χ1n) is 11.1. The van der Waals surface area contributed by atoms with Crippen molar-refractivity contribution >= 4 is 27.5 Å². The molecule has 1 aliphatic heterocycles. The van der Waals surface area contributed by atoms with Gasteiger partial charge < -0.3 is 10.1 Å². The van der Waals surface area contributed by atoms with Crippen LogP contribution in [0.1, 0.15) is 42.3 Å². The minimum atomic E-state index is -3.72. The van der Waals surface area contributed by atoms with Gasteiger partial charge in [-0.3, -0.25) is 9.69 Å². The predicted octanol–water partition coefficient (Wildman–Crippen LogP) is 3.52. The molecule has 180 valence electrons. The van der Waals surface area contributed by atoms with Gasteiger partial charge in [0.2, 0.25) is 10.0 Å². The highest BCUT2D eigenvalue weighted by Gasteiger charge is 2.25. The highest BCUT2D eigenvalue weighted by Crippen LogP contribution is 2.23. The molecule has 2 aromatic rings. The Labute approximate surface area is 201 Å². The Morgan fingerprint density at radius 2 is 1.97 bits per heavy atom. The number of hydrogen-bond acceptors (Lipinski definition) is 5. The van der Waals surface area contributed by atoms with Crippen LogP contribution in [0.25, 0.3) is 0 Å². The van der Waals surface area contributed by atoms with E-state index in [1.807, 2.05) is 12.1 Å². The molecule has 33 heavy (non-hydrogen) atoms. The molecule has 7 nitrogen and oxygen atoms in total. The third kappa shape index (κ3) is 6.55. The summed E-state index contributed by atoms with van der Waals surface area (Å²) >= 11 is 6.23. The molecule has 0 bridgehead atoms. The lowest BCUT2D eigenvalue weighted by Crippen LogP contribution is -2.40.